The number of nitrogens with zero attached hydrogens (tertiary/aromatic N) is 2. The van der Waals surface area contributed by atoms with Crippen LogP contribution in [-0.2, 0) is 4.79 Å². The number of hydrogen-bond acceptors (Lipinski definition) is 5. The van der Waals surface area contributed by atoms with Crippen LogP contribution in [0.25, 0.3) is 28.6 Å². The monoisotopic (exact) mass is 453 g/mol. The number of hydrogen-bond donors (Lipinski definition) is 1. The second-order valence-electron chi connectivity index (χ2n) is 6.48. The molecule has 3 aromatic carbocycles. The number of benzene rings is 3. The van der Waals surface area contributed by atoms with E-state index in [1.165, 1.54) is 24.3 Å². The number of halogens is 2. The van der Waals surface area contributed by atoms with Crippen LogP contribution in [0.1, 0.15) is 5.56 Å². The van der Waals surface area contributed by atoms with Gasteiger partial charge in [-0.05, 0) is 42.0 Å². The Kier molecular flexibility index (Phi) is 5.70. The molecule has 1 heterocycles. The molecule has 31 heavy (non-hydrogen) atoms. The minimum atomic E-state index is -0.491. The van der Waals surface area contributed by atoms with Crippen molar-refractivity contribution in [1.82, 2.24) is 4.98 Å². The van der Waals surface area contributed by atoms with Gasteiger partial charge in [0.15, 0.2) is 5.58 Å². The van der Waals surface area contributed by atoms with E-state index in [2.05, 4.69) is 10.3 Å². The van der Waals surface area contributed by atoms with Crippen LogP contribution in [0.2, 0.25) is 10.0 Å². The van der Waals surface area contributed by atoms with Gasteiger partial charge in [-0.3, -0.25) is 14.9 Å². The van der Waals surface area contributed by atoms with Crippen molar-refractivity contribution in [2.45, 2.75) is 0 Å². The summed E-state index contributed by atoms with van der Waals surface area (Å²) >= 11 is 12.3. The van der Waals surface area contributed by atoms with E-state index in [1.807, 2.05) is 0 Å². The lowest BCUT2D eigenvalue weighted by Gasteiger charge is -2.01. The summed E-state index contributed by atoms with van der Waals surface area (Å²) in [6.07, 6.45) is 2.79. The lowest BCUT2D eigenvalue weighted by atomic mass is 10.2. The molecule has 0 radical (unpaired) electrons. The molecular weight excluding hydrogens is 441 g/mol. The Morgan fingerprint density at radius 1 is 1.10 bits per heavy atom. The van der Waals surface area contributed by atoms with Gasteiger partial charge in [-0.25, -0.2) is 4.98 Å². The third-order valence-electron chi connectivity index (χ3n) is 4.35. The van der Waals surface area contributed by atoms with Crippen LogP contribution in [0.5, 0.6) is 0 Å². The molecule has 0 fully saturated rings. The average Bonchev–Trinajstić information content (AvgIpc) is 3.17. The molecule has 1 aromatic heterocycles. The van der Waals surface area contributed by atoms with Crippen molar-refractivity contribution in [3.8, 4) is 11.5 Å². The molecular formula is C22H13Cl2N3O4. The third-order valence-corrected chi connectivity index (χ3v) is 5.16. The lowest BCUT2D eigenvalue weighted by Crippen LogP contribution is -2.07. The Balaban J connectivity index is 1.52. The molecule has 0 aliphatic carbocycles. The van der Waals surface area contributed by atoms with Crippen LogP contribution in [0.3, 0.4) is 0 Å². The Bertz CT molecular complexity index is 1350. The standard InChI is InChI=1S/C22H13Cl2N3O4/c23-17-6-2-5-16(21(17)24)22-26-18-12-14(8-9-19(18)31-22)25-20(28)10-7-13-3-1-4-15(11-13)27(29)30/h1-12H,(H,25,28)/b10-7+. The summed E-state index contributed by atoms with van der Waals surface area (Å²) in [4.78, 5) is 27.0. The van der Waals surface area contributed by atoms with Gasteiger partial charge in [0.2, 0.25) is 11.8 Å². The van der Waals surface area contributed by atoms with E-state index in [0.717, 1.165) is 0 Å². The zero-order valence-electron chi connectivity index (χ0n) is 15.7. The first-order chi connectivity index (χ1) is 14.9. The van der Waals surface area contributed by atoms with Crippen LogP contribution < -0.4 is 5.32 Å². The fourth-order valence-corrected chi connectivity index (χ4v) is 3.27. The molecule has 4 aromatic rings. The number of carbonyl (C=O) groups excluding carboxylic acids is 1. The number of nitrogens with one attached hydrogen (secondary N) is 1. The number of non-ortho nitro benzene ring substituents is 1. The SMILES string of the molecule is O=C(/C=C/c1cccc([N+](=O)[O-])c1)Nc1ccc2oc(-c3cccc(Cl)c3Cl)nc2c1. The summed E-state index contributed by atoms with van der Waals surface area (Å²) in [6, 6.07) is 16.2. The minimum Gasteiger partial charge on any atom is -0.436 e. The van der Waals surface area contributed by atoms with Crippen molar-refractivity contribution in [2.75, 3.05) is 5.32 Å². The Morgan fingerprint density at radius 2 is 1.90 bits per heavy atom. The molecule has 0 bridgehead atoms. The highest BCUT2D eigenvalue weighted by Gasteiger charge is 2.14. The van der Waals surface area contributed by atoms with Gasteiger partial charge in [0.25, 0.3) is 5.69 Å². The Labute approximate surface area is 186 Å². The van der Waals surface area contributed by atoms with Crippen LogP contribution in [0.15, 0.2) is 71.2 Å². The summed E-state index contributed by atoms with van der Waals surface area (Å²) in [5, 5.41) is 14.3. The summed E-state index contributed by atoms with van der Waals surface area (Å²) < 4.78 is 5.75. The number of nitro benzene ring substituents is 1. The third kappa shape index (κ3) is 4.58. The zero-order chi connectivity index (χ0) is 22.0. The van der Waals surface area contributed by atoms with E-state index in [1.54, 1.807) is 48.5 Å². The molecule has 0 unspecified atom stereocenters. The molecule has 0 aliphatic heterocycles. The molecule has 9 heteroatoms. The molecule has 0 aliphatic rings. The fraction of sp³-hybridized carbons (Fsp3) is 0. The van der Waals surface area contributed by atoms with E-state index >= 15 is 0 Å². The van der Waals surface area contributed by atoms with Crippen LogP contribution in [0.4, 0.5) is 11.4 Å². The second-order valence-corrected chi connectivity index (χ2v) is 7.26. The van der Waals surface area contributed by atoms with Gasteiger partial charge in [0.05, 0.1) is 20.5 Å². The molecule has 154 valence electrons. The Hall–Kier alpha value is -3.68. The van der Waals surface area contributed by atoms with Crippen molar-refractivity contribution >= 4 is 57.7 Å². The van der Waals surface area contributed by atoms with Gasteiger partial charge in [0.1, 0.15) is 5.52 Å². The maximum atomic E-state index is 12.2. The number of oxazole rings is 1. The lowest BCUT2D eigenvalue weighted by molar-refractivity contribution is -0.384. The van der Waals surface area contributed by atoms with Gasteiger partial charge in [-0.1, -0.05) is 41.4 Å². The van der Waals surface area contributed by atoms with Crippen LogP contribution in [-0.4, -0.2) is 15.8 Å². The van der Waals surface area contributed by atoms with Gasteiger partial charge < -0.3 is 9.73 Å². The molecule has 0 saturated carbocycles. The highest BCUT2D eigenvalue weighted by Crippen LogP contribution is 2.34. The van der Waals surface area contributed by atoms with E-state index in [4.69, 9.17) is 27.6 Å². The predicted octanol–water partition coefficient (Wildman–Crippen LogP) is 6.36. The summed E-state index contributed by atoms with van der Waals surface area (Å²) in [6.45, 7) is 0. The first-order valence-electron chi connectivity index (χ1n) is 8.99. The smallest absolute Gasteiger partial charge is 0.270 e. The molecule has 4 rings (SSSR count). The van der Waals surface area contributed by atoms with Crippen LogP contribution in [0, 0.1) is 10.1 Å². The minimum absolute atomic E-state index is 0.0466. The number of amides is 1. The number of carbonyl (C=O) groups is 1. The molecule has 7 nitrogen and oxygen atoms in total. The zero-order valence-corrected chi connectivity index (χ0v) is 17.2. The Morgan fingerprint density at radius 3 is 2.71 bits per heavy atom. The molecule has 1 N–H and O–H groups in total. The summed E-state index contributed by atoms with van der Waals surface area (Å²) in [7, 11) is 0. The number of fused-ring (bicyclic) bond motifs is 1. The first kappa shape index (κ1) is 20.6. The summed E-state index contributed by atoms with van der Waals surface area (Å²) in [5.41, 5.74) is 2.63. The molecule has 0 spiro atoms. The molecule has 0 atom stereocenters. The highest BCUT2D eigenvalue weighted by atomic mass is 35.5. The molecule has 1 amide bonds. The largest absolute Gasteiger partial charge is 0.436 e. The van der Waals surface area contributed by atoms with E-state index in [0.29, 0.717) is 43.9 Å². The average molecular weight is 454 g/mol. The maximum Gasteiger partial charge on any atom is 0.270 e. The van der Waals surface area contributed by atoms with Crippen molar-refractivity contribution in [3.05, 3.63) is 92.5 Å². The maximum absolute atomic E-state index is 12.2. The van der Waals surface area contributed by atoms with E-state index < -0.39 is 10.8 Å². The van der Waals surface area contributed by atoms with Gasteiger partial charge in [-0.2, -0.15) is 0 Å². The number of aromatic nitrogens is 1. The van der Waals surface area contributed by atoms with E-state index in [-0.39, 0.29) is 5.69 Å². The highest BCUT2D eigenvalue weighted by molar-refractivity contribution is 6.43. The number of anilines is 1. The fourth-order valence-electron chi connectivity index (χ4n) is 2.89. The van der Waals surface area contributed by atoms with Crippen molar-refractivity contribution in [3.63, 3.8) is 0 Å². The van der Waals surface area contributed by atoms with Crippen molar-refractivity contribution in [2.24, 2.45) is 0 Å². The quantitative estimate of drug-likeness (QED) is 0.215. The molecule has 0 saturated heterocycles. The van der Waals surface area contributed by atoms with Crippen molar-refractivity contribution in [1.29, 1.82) is 0 Å². The second kappa shape index (κ2) is 8.59. The van der Waals surface area contributed by atoms with Gasteiger partial charge in [-0.15, -0.1) is 0 Å². The predicted molar refractivity (Wildman–Crippen MR) is 120 cm³/mol. The van der Waals surface area contributed by atoms with Gasteiger partial charge in [0, 0.05) is 23.9 Å². The number of rotatable bonds is 5. The normalized spacial score (nSPS) is 11.2. The van der Waals surface area contributed by atoms with Crippen molar-refractivity contribution < 1.29 is 14.1 Å². The van der Waals surface area contributed by atoms with Crippen LogP contribution >= 0.6 is 23.2 Å². The number of nitro groups is 1. The van der Waals surface area contributed by atoms with Gasteiger partial charge >= 0.3 is 0 Å². The summed E-state index contributed by atoms with van der Waals surface area (Å²) in [5.74, 6) is -0.0796. The first-order valence-corrected chi connectivity index (χ1v) is 9.75. The van der Waals surface area contributed by atoms with E-state index in [9.17, 15) is 14.9 Å². The topological polar surface area (TPSA) is 98.3 Å².